The highest BCUT2D eigenvalue weighted by molar-refractivity contribution is 8.18. The van der Waals surface area contributed by atoms with Crippen LogP contribution in [0.15, 0.2) is 46.4 Å². The minimum absolute atomic E-state index is 0.217. The molecule has 0 unspecified atom stereocenters. The summed E-state index contributed by atoms with van der Waals surface area (Å²) in [6.07, 6.45) is 3.32. The van der Waals surface area contributed by atoms with E-state index in [4.69, 9.17) is 9.47 Å². The van der Waals surface area contributed by atoms with Gasteiger partial charge in [0.05, 0.1) is 17.5 Å². The van der Waals surface area contributed by atoms with Gasteiger partial charge in [-0.15, -0.1) is 0 Å². The molecule has 1 aromatic heterocycles. The fourth-order valence-corrected chi connectivity index (χ4v) is 3.35. The van der Waals surface area contributed by atoms with Crippen LogP contribution in [0.2, 0.25) is 0 Å². The molecule has 1 saturated heterocycles. The van der Waals surface area contributed by atoms with Gasteiger partial charge in [0, 0.05) is 11.6 Å². The standard InChI is InChI=1S/C20H21N3O4S/c1-20(2,3)27-19(25)23-18-22-17(24)16(28-18)8-6-12-5-7-14-13(11-12)15(26-4)9-10-21-14/h5,7-11H,6H2,1-4H3,(H,22,23,24,25)/b16-8-. The van der Waals surface area contributed by atoms with Crippen LogP contribution in [0.25, 0.3) is 10.9 Å². The molecular weight excluding hydrogens is 378 g/mol. The van der Waals surface area contributed by atoms with Gasteiger partial charge in [0.1, 0.15) is 11.4 Å². The van der Waals surface area contributed by atoms with Gasteiger partial charge in [-0.2, -0.15) is 4.99 Å². The first-order chi connectivity index (χ1) is 13.2. The average molecular weight is 399 g/mol. The lowest BCUT2D eigenvalue weighted by Gasteiger charge is -2.17. The number of nitrogens with zero attached hydrogens (tertiary/aromatic N) is 2. The van der Waals surface area contributed by atoms with Gasteiger partial charge in [0.25, 0.3) is 5.91 Å². The van der Waals surface area contributed by atoms with Crippen molar-refractivity contribution in [2.75, 3.05) is 7.11 Å². The summed E-state index contributed by atoms with van der Waals surface area (Å²) in [4.78, 5) is 32.5. The average Bonchev–Trinajstić information content (AvgIpc) is 2.96. The number of allylic oxidation sites excluding steroid dienone is 1. The molecule has 1 N–H and O–H groups in total. The third kappa shape index (κ3) is 4.89. The van der Waals surface area contributed by atoms with Crippen LogP contribution in [0.1, 0.15) is 26.3 Å². The fraction of sp³-hybridized carbons (Fsp3) is 0.300. The van der Waals surface area contributed by atoms with Crippen molar-refractivity contribution >= 4 is 39.8 Å². The molecular formula is C20H21N3O4S. The fourth-order valence-electron chi connectivity index (χ4n) is 2.57. The zero-order chi connectivity index (χ0) is 20.3. The summed E-state index contributed by atoms with van der Waals surface area (Å²) in [5.41, 5.74) is 1.21. The topological polar surface area (TPSA) is 89.9 Å². The van der Waals surface area contributed by atoms with Crippen molar-refractivity contribution < 1.29 is 19.1 Å². The van der Waals surface area contributed by atoms with Crippen LogP contribution >= 0.6 is 11.8 Å². The minimum atomic E-state index is -0.731. The van der Waals surface area contributed by atoms with E-state index in [-0.39, 0.29) is 11.1 Å². The van der Waals surface area contributed by atoms with E-state index in [0.29, 0.717) is 11.3 Å². The largest absolute Gasteiger partial charge is 0.496 e. The number of hydrogen-bond acceptors (Lipinski definition) is 6. The number of methoxy groups -OCH3 is 1. The van der Waals surface area contributed by atoms with Crippen molar-refractivity contribution in [3.8, 4) is 5.75 Å². The van der Waals surface area contributed by atoms with E-state index in [2.05, 4.69) is 15.3 Å². The maximum absolute atomic E-state index is 12.1. The molecule has 0 atom stereocenters. The molecule has 3 rings (SSSR count). The SMILES string of the molecule is COc1ccnc2ccc(C/C=C3\SC(=NC(=O)OC(C)(C)C)NC3=O)cc12. The van der Waals surface area contributed by atoms with Crippen LogP contribution in [-0.2, 0) is 16.0 Å². The molecule has 7 nitrogen and oxygen atoms in total. The molecule has 1 fully saturated rings. The van der Waals surface area contributed by atoms with Crippen LogP contribution in [0.4, 0.5) is 4.79 Å². The number of rotatable bonds is 3. The maximum atomic E-state index is 12.1. The van der Waals surface area contributed by atoms with Gasteiger partial charge in [-0.05, 0) is 62.7 Å². The minimum Gasteiger partial charge on any atom is -0.496 e. The summed E-state index contributed by atoms with van der Waals surface area (Å²) >= 11 is 1.12. The van der Waals surface area contributed by atoms with Crippen LogP contribution in [-0.4, -0.2) is 34.9 Å². The number of aliphatic imine (C=N–C) groups is 1. The first-order valence-corrected chi connectivity index (χ1v) is 9.49. The van der Waals surface area contributed by atoms with Crippen molar-refractivity contribution in [3.63, 3.8) is 0 Å². The third-order valence-electron chi connectivity index (χ3n) is 3.75. The molecule has 2 amide bonds. The molecule has 0 radical (unpaired) electrons. The number of benzene rings is 1. The summed E-state index contributed by atoms with van der Waals surface area (Å²) < 4.78 is 10.5. The number of nitrogens with one attached hydrogen (secondary N) is 1. The van der Waals surface area contributed by atoms with Crippen molar-refractivity contribution in [1.82, 2.24) is 10.3 Å². The predicted octanol–water partition coefficient (Wildman–Crippen LogP) is 3.82. The van der Waals surface area contributed by atoms with Crippen molar-refractivity contribution in [3.05, 3.63) is 47.0 Å². The summed E-state index contributed by atoms with van der Waals surface area (Å²) in [5, 5.41) is 3.71. The molecule has 28 heavy (non-hydrogen) atoms. The first-order valence-electron chi connectivity index (χ1n) is 8.68. The normalized spacial score (nSPS) is 17.2. The van der Waals surface area contributed by atoms with Crippen molar-refractivity contribution in [2.45, 2.75) is 32.8 Å². The Morgan fingerprint density at radius 3 is 2.82 bits per heavy atom. The van der Waals surface area contributed by atoms with Crippen LogP contribution in [0.5, 0.6) is 5.75 Å². The summed E-state index contributed by atoms with van der Waals surface area (Å²) in [7, 11) is 1.62. The van der Waals surface area contributed by atoms with E-state index in [1.54, 1.807) is 34.1 Å². The van der Waals surface area contributed by atoms with Gasteiger partial charge in [-0.1, -0.05) is 12.1 Å². The number of amides is 2. The Morgan fingerprint density at radius 2 is 2.11 bits per heavy atom. The number of pyridine rings is 1. The van der Waals surface area contributed by atoms with Gasteiger partial charge in [-0.3, -0.25) is 9.78 Å². The molecule has 1 aliphatic rings. The van der Waals surface area contributed by atoms with Gasteiger partial charge in [-0.25, -0.2) is 4.79 Å². The lowest BCUT2D eigenvalue weighted by atomic mass is 10.1. The van der Waals surface area contributed by atoms with Gasteiger partial charge in [0.15, 0.2) is 5.17 Å². The molecule has 2 aromatic rings. The third-order valence-corrected chi connectivity index (χ3v) is 4.70. The number of carbonyl (C=O) groups is 2. The van der Waals surface area contributed by atoms with Gasteiger partial charge >= 0.3 is 6.09 Å². The maximum Gasteiger partial charge on any atom is 0.436 e. The summed E-state index contributed by atoms with van der Waals surface area (Å²) in [6, 6.07) is 7.68. The van der Waals surface area contributed by atoms with E-state index >= 15 is 0 Å². The second-order valence-corrected chi connectivity index (χ2v) is 8.12. The Labute approximate surface area is 167 Å². The number of carbonyl (C=O) groups excluding carboxylic acids is 2. The summed E-state index contributed by atoms with van der Waals surface area (Å²) in [6.45, 7) is 5.26. The zero-order valence-electron chi connectivity index (χ0n) is 16.1. The van der Waals surface area contributed by atoms with E-state index in [9.17, 15) is 9.59 Å². The van der Waals surface area contributed by atoms with Crippen LogP contribution < -0.4 is 10.1 Å². The van der Waals surface area contributed by atoms with E-state index < -0.39 is 11.7 Å². The smallest absolute Gasteiger partial charge is 0.436 e. The quantitative estimate of drug-likeness (QED) is 0.789. The number of thioether (sulfide) groups is 1. The number of hydrogen-bond donors (Lipinski definition) is 1. The van der Waals surface area contributed by atoms with E-state index in [0.717, 1.165) is 34.0 Å². The first kappa shape index (κ1) is 19.9. The second kappa shape index (κ2) is 8.02. The molecule has 1 aliphatic heterocycles. The Balaban J connectivity index is 1.73. The molecule has 0 saturated carbocycles. The number of ether oxygens (including phenoxy) is 2. The number of aromatic nitrogens is 1. The molecule has 1 aromatic carbocycles. The predicted molar refractivity (Wildman–Crippen MR) is 109 cm³/mol. The van der Waals surface area contributed by atoms with E-state index in [1.165, 1.54) is 0 Å². The highest BCUT2D eigenvalue weighted by atomic mass is 32.2. The molecule has 146 valence electrons. The Morgan fingerprint density at radius 1 is 1.32 bits per heavy atom. The lowest BCUT2D eigenvalue weighted by Crippen LogP contribution is -2.25. The van der Waals surface area contributed by atoms with Crippen LogP contribution in [0.3, 0.4) is 0 Å². The molecule has 0 bridgehead atoms. The number of fused-ring (bicyclic) bond motifs is 1. The van der Waals surface area contributed by atoms with Crippen molar-refractivity contribution in [2.24, 2.45) is 4.99 Å². The Kier molecular flexibility index (Phi) is 5.69. The van der Waals surface area contributed by atoms with E-state index in [1.807, 2.05) is 30.3 Å². The zero-order valence-corrected chi connectivity index (χ0v) is 16.9. The Bertz CT molecular complexity index is 993. The Hall–Kier alpha value is -2.87. The monoisotopic (exact) mass is 399 g/mol. The lowest BCUT2D eigenvalue weighted by molar-refractivity contribution is -0.115. The van der Waals surface area contributed by atoms with Crippen molar-refractivity contribution in [1.29, 1.82) is 0 Å². The molecule has 0 aliphatic carbocycles. The van der Waals surface area contributed by atoms with Gasteiger partial charge in [0.2, 0.25) is 0 Å². The highest BCUT2D eigenvalue weighted by Gasteiger charge is 2.25. The molecule has 2 heterocycles. The van der Waals surface area contributed by atoms with Crippen LogP contribution in [0, 0.1) is 0 Å². The summed E-state index contributed by atoms with van der Waals surface area (Å²) in [5.74, 6) is 0.464. The molecule has 0 spiro atoms. The second-order valence-electron chi connectivity index (χ2n) is 7.09. The molecule has 8 heteroatoms. The highest BCUT2D eigenvalue weighted by Crippen LogP contribution is 2.27. The number of amidine groups is 1. The van der Waals surface area contributed by atoms with Gasteiger partial charge < -0.3 is 14.8 Å².